The highest BCUT2D eigenvalue weighted by molar-refractivity contribution is 7.99. The third kappa shape index (κ3) is 6.43. The van der Waals surface area contributed by atoms with Crippen molar-refractivity contribution in [3.8, 4) is 0 Å². The van der Waals surface area contributed by atoms with Gasteiger partial charge >= 0.3 is 0 Å². The molecule has 5 heteroatoms. The second-order valence-corrected chi connectivity index (χ2v) is 7.51. The lowest BCUT2D eigenvalue weighted by Crippen LogP contribution is -2.48. The Morgan fingerprint density at radius 3 is 2.41 bits per heavy atom. The summed E-state index contributed by atoms with van der Waals surface area (Å²) in [7, 11) is 1.62. The van der Waals surface area contributed by atoms with Gasteiger partial charge in [0.1, 0.15) is 6.04 Å². The molecule has 2 aromatic rings. The number of likely N-dealkylation sites (N-methyl/N-ethyl adjacent to an activating group) is 1. The van der Waals surface area contributed by atoms with E-state index in [0.717, 1.165) is 16.9 Å². The van der Waals surface area contributed by atoms with E-state index < -0.39 is 6.04 Å². The standard InChI is InChI=1S/C22H28N2O2S/c1-4-20(22(26)23-3)24(14-19-12-8-9-17(2)13-19)21(25)16-27-15-18-10-6-5-7-11-18/h5-13,20H,4,14-16H2,1-3H3,(H,23,26). The van der Waals surface area contributed by atoms with Crippen LogP contribution in [0.1, 0.15) is 30.0 Å². The van der Waals surface area contributed by atoms with Gasteiger partial charge in [-0.2, -0.15) is 0 Å². The summed E-state index contributed by atoms with van der Waals surface area (Å²) in [6.07, 6.45) is 0.584. The van der Waals surface area contributed by atoms with E-state index in [9.17, 15) is 9.59 Å². The van der Waals surface area contributed by atoms with Crippen LogP contribution in [0.3, 0.4) is 0 Å². The first-order valence-corrected chi connectivity index (χ1v) is 10.4. The van der Waals surface area contributed by atoms with Crippen molar-refractivity contribution in [3.63, 3.8) is 0 Å². The predicted octanol–water partition coefficient (Wildman–Crippen LogP) is 3.78. The van der Waals surface area contributed by atoms with Gasteiger partial charge in [0.25, 0.3) is 0 Å². The molecule has 0 aliphatic heterocycles. The molecule has 1 N–H and O–H groups in total. The third-order valence-corrected chi connectivity index (χ3v) is 5.39. The van der Waals surface area contributed by atoms with E-state index in [1.807, 2.05) is 50.2 Å². The molecule has 27 heavy (non-hydrogen) atoms. The fraction of sp³-hybridized carbons (Fsp3) is 0.364. The SMILES string of the molecule is CCC(C(=O)NC)N(Cc1cccc(C)c1)C(=O)CSCc1ccccc1. The maximum atomic E-state index is 13.0. The minimum Gasteiger partial charge on any atom is -0.357 e. The molecule has 1 unspecified atom stereocenters. The largest absolute Gasteiger partial charge is 0.357 e. The van der Waals surface area contributed by atoms with Crippen molar-refractivity contribution in [2.24, 2.45) is 0 Å². The molecule has 2 amide bonds. The molecule has 144 valence electrons. The van der Waals surface area contributed by atoms with Gasteiger partial charge in [-0.05, 0) is 24.5 Å². The summed E-state index contributed by atoms with van der Waals surface area (Å²) in [6.45, 7) is 4.41. The number of benzene rings is 2. The van der Waals surface area contributed by atoms with Crippen LogP contribution in [-0.2, 0) is 21.9 Å². The maximum Gasteiger partial charge on any atom is 0.242 e. The zero-order valence-corrected chi connectivity index (χ0v) is 17.1. The zero-order chi connectivity index (χ0) is 19.6. The second kappa shape index (κ2) is 10.8. The zero-order valence-electron chi connectivity index (χ0n) is 16.3. The Hall–Kier alpha value is -2.27. The Bertz CT molecular complexity index is 749. The van der Waals surface area contributed by atoms with Crippen LogP contribution in [0.4, 0.5) is 0 Å². The Labute approximate surface area is 166 Å². The summed E-state index contributed by atoms with van der Waals surface area (Å²) >= 11 is 1.58. The van der Waals surface area contributed by atoms with Crippen molar-refractivity contribution < 1.29 is 9.59 Å². The van der Waals surface area contributed by atoms with Crippen molar-refractivity contribution in [3.05, 3.63) is 71.3 Å². The topological polar surface area (TPSA) is 49.4 Å². The van der Waals surface area contributed by atoms with E-state index in [0.29, 0.717) is 18.7 Å². The van der Waals surface area contributed by atoms with Crippen molar-refractivity contribution in [2.45, 2.75) is 38.6 Å². The lowest BCUT2D eigenvalue weighted by molar-refractivity contribution is -0.139. The quantitative estimate of drug-likeness (QED) is 0.716. The van der Waals surface area contributed by atoms with Crippen LogP contribution < -0.4 is 5.32 Å². The van der Waals surface area contributed by atoms with Crippen LogP contribution in [0.25, 0.3) is 0 Å². The molecule has 0 aromatic heterocycles. The van der Waals surface area contributed by atoms with Gasteiger partial charge in [-0.3, -0.25) is 9.59 Å². The molecule has 0 heterocycles. The van der Waals surface area contributed by atoms with E-state index in [-0.39, 0.29) is 11.8 Å². The van der Waals surface area contributed by atoms with E-state index >= 15 is 0 Å². The number of nitrogens with one attached hydrogen (secondary N) is 1. The fourth-order valence-corrected chi connectivity index (χ4v) is 3.88. The molecule has 0 aliphatic carbocycles. The van der Waals surface area contributed by atoms with E-state index in [4.69, 9.17) is 0 Å². The predicted molar refractivity (Wildman–Crippen MR) is 112 cm³/mol. The monoisotopic (exact) mass is 384 g/mol. The van der Waals surface area contributed by atoms with Gasteiger partial charge in [0, 0.05) is 19.3 Å². The van der Waals surface area contributed by atoms with Crippen LogP contribution in [0.5, 0.6) is 0 Å². The average Bonchev–Trinajstić information content (AvgIpc) is 2.68. The molecule has 4 nitrogen and oxygen atoms in total. The fourth-order valence-electron chi connectivity index (χ4n) is 3.01. The van der Waals surface area contributed by atoms with Gasteiger partial charge in [-0.25, -0.2) is 0 Å². The van der Waals surface area contributed by atoms with Crippen molar-refractivity contribution >= 4 is 23.6 Å². The minimum atomic E-state index is -0.458. The number of nitrogens with zero attached hydrogens (tertiary/aromatic N) is 1. The number of carbonyl (C=O) groups is 2. The molecule has 0 spiro atoms. The van der Waals surface area contributed by atoms with E-state index in [2.05, 4.69) is 23.5 Å². The lowest BCUT2D eigenvalue weighted by atomic mass is 10.1. The van der Waals surface area contributed by atoms with Crippen molar-refractivity contribution in [1.29, 1.82) is 0 Å². The Kier molecular flexibility index (Phi) is 8.40. The molecule has 0 aliphatic rings. The van der Waals surface area contributed by atoms with Crippen LogP contribution in [0.15, 0.2) is 54.6 Å². The number of rotatable bonds is 9. The first-order chi connectivity index (χ1) is 13.0. The molecule has 0 saturated carbocycles. The van der Waals surface area contributed by atoms with E-state index in [1.54, 1.807) is 23.7 Å². The normalized spacial score (nSPS) is 11.7. The number of carbonyl (C=O) groups excluding carboxylic acids is 2. The number of thioether (sulfide) groups is 1. The van der Waals surface area contributed by atoms with Gasteiger partial charge in [0.05, 0.1) is 5.75 Å². The smallest absolute Gasteiger partial charge is 0.242 e. The Morgan fingerprint density at radius 1 is 1.07 bits per heavy atom. The highest BCUT2D eigenvalue weighted by atomic mass is 32.2. The molecule has 0 fully saturated rings. The van der Waals surface area contributed by atoms with Crippen LogP contribution in [0.2, 0.25) is 0 Å². The first-order valence-electron chi connectivity index (χ1n) is 9.23. The molecule has 2 rings (SSSR count). The summed E-state index contributed by atoms with van der Waals surface area (Å²) < 4.78 is 0. The summed E-state index contributed by atoms with van der Waals surface area (Å²) in [4.78, 5) is 27.0. The van der Waals surface area contributed by atoms with Crippen LogP contribution in [-0.4, -0.2) is 35.6 Å². The van der Waals surface area contributed by atoms with Gasteiger partial charge in [0.2, 0.25) is 11.8 Å². The highest BCUT2D eigenvalue weighted by Gasteiger charge is 2.27. The van der Waals surface area contributed by atoms with Gasteiger partial charge in [-0.1, -0.05) is 67.1 Å². The maximum absolute atomic E-state index is 13.0. The second-order valence-electron chi connectivity index (χ2n) is 6.53. The number of amides is 2. The van der Waals surface area contributed by atoms with Gasteiger partial charge < -0.3 is 10.2 Å². The molecule has 0 radical (unpaired) electrons. The molecular formula is C22H28N2O2S. The Balaban J connectivity index is 2.09. The Morgan fingerprint density at radius 2 is 1.78 bits per heavy atom. The van der Waals surface area contributed by atoms with Crippen molar-refractivity contribution in [1.82, 2.24) is 10.2 Å². The molecule has 0 saturated heterocycles. The van der Waals surface area contributed by atoms with E-state index in [1.165, 1.54) is 5.56 Å². The van der Waals surface area contributed by atoms with Gasteiger partial charge in [-0.15, -0.1) is 11.8 Å². The molecular weight excluding hydrogens is 356 g/mol. The number of aryl methyl sites for hydroxylation is 1. The molecule has 0 bridgehead atoms. The van der Waals surface area contributed by atoms with Crippen molar-refractivity contribution in [2.75, 3.05) is 12.8 Å². The van der Waals surface area contributed by atoms with Crippen LogP contribution >= 0.6 is 11.8 Å². The molecule has 1 atom stereocenters. The lowest BCUT2D eigenvalue weighted by Gasteiger charge is -2.30. The van der Waals surface area contributed by atoms with Gasteiger partial charge in [0.15, 0.2) is 0 Å². The highest BCUT2D eigenvalue weighted by Crippen LogP contribution is 2.17. The number of hydrogen-bond acceptors (Lipinski definition) is 3. The number of hydrogen-bond donors (Lipinski definition) is 1. The minimum absolute atomic E-state index is 0.00659. The summed E-state index contributed by atoms with van der Waals surface area (Å²) in [5.74, 6) is 1.01. The molecule has 2 aromatic carbocycles. The van der Waals surface area contributed by atoms with Crippen LogP contribution in [0, 0.1) is 6.92 Å². The summed E-state index contributed by atoms with van der Waals surface area (Å²) in [5.41, 5.74) is 3.38. The average molecular weight is 385 g/mol. The summed E-state index contributed by atoms with van der Waals surface area (Å²) in [6, 6.07) is 17.7. The third-order valence-electron chi connectivity index (χ3n) is 4.40. The summed E-state index contributed by atoms with van der Waals surface area (Å²) in [5, 5.41) is 2.69. The first kappa shape index (κ1) is 21.0.